The van der Waals surface area contributed by atoms with Gasteiger partial charge in [0.2, 0.25) is 5.91 Å². The highest BCUT2D eigenvalue weighted by molar-refractivity contribution is 5.83. The van der Waals surface area contributed by atoms with E-state index in [0.717, 1.165) is 32.2 Å². The van der Waals surface area contributed by atoms with E-state index in [9.17, 15) is 4.79 Å². The number of hydrogen-bond acceptors (Lipinski definition) is 2. The smallest absolute Gasteiger partial charge is 0.237 e. The van der Waals surface area contributed by atoms with E-state index >= 15 is 0 Å². The Kier molecular flexibility index (Phi) is 2.52. The average Bonchev–Trinajstić information content (AvgIpc) is 2.80. The van der Waals surface area contributed by atoms with Crippen molar-refractivity contribution in [3.05, 3.63) is 0 Å². The van der Waals surface area contributed by atoms with Crippen molar-refractivity contribution in [3.63, 3.8) is 0 Å². The minimum atomic E-state index is 0.0547. The van der Waals surface area contributed by atoms with Gasteiger partial charge in [0.25, 0.3) is 0 Å². The molecule has 2 unspecified atom stereocenters. The van der Waals surface area contributed by atoms with E-state index in [2.05, 4.69) is 24.5 Å². The summed E-state index contributed by atoms with van der Waals surface area (Å²) < 4.78 is 0. The molecule has 3 nitrogen and oxygen atoms in total. The Balaban J connectivity index is 1.89. The molecule has 1 aliphatic heterocycles. The summed E-state index contributed by atoms with van der Waals surface area (Å²) in [6.07, 6.45) is 4.52. The summed E-state index contributed by atoms with van der Waals surface area (Å²) in [5.74, 6) is 0.706. The van der Waals surface area contributed by atoms with Crippen LogP contribution in [-0.4, -0.2) is 24.0 Å². The third kappa shape index (κ3) is 1.78. The lowest BCUT2D eigenvalue weighted by molar-refractivity contribution is -0.124. The maximum Gasteiger partial charge on any atom is 0.237 e. The second-order valence-corrected chi connectivity index (χ2v) is 4.82. The summed E-state index contributed by atoms with van der Waals surface area (Å²) in [7, 11) is 0. The predicted octanol–water partition coefficient (Wildman–Crippen LogP) is 1.04. The molecule has 1 saturated heterocycles. The zero-order chi connectivity index (χ0) is 10.2. The largest absolute Gasteiger partial charge is 0.349 e. The average molecular weight is 196 g/mol. The van der Waals surface area contributed by atoms with Crippen molar-refractivity contribution in [2.24, 2.45) is 5.92 Å². The number of carbonyl (C=O) groups is 1. The highest BCUT2D eigenvalue weighted by Gasteiger charge is 2.44. The van der Waals surface area contributed by atoms with Crippen LogP contribution in [0.2, 0.25) is 0 Å². The van der Waals surface area contributed by atoms with Crippen LogP contribution in [0.1, 0.15) is 39.5 Å². The van der Waals surface area contributed by atoms with Crippen molar-refractivity contribution in [1.29, 1.82) is 0 Å². The van der Waals surface area contributed by atoms with Crippen LogP contribution in [0.3, 0.4) is 0 Å². The van der Waals surface area contributed by atoms with Crippen LogP contribution in [0.4, 0.5) is 0 Å². The molecule has 1 aliphatic carbocycles. The minimum Gasteiger partial charge on any atom is -0.349 e. The van der Waals surface area contributed by atoms with Gasteiger partial charge in [-0.15, -0.1) is 0 Å². The number of rotatable bonds is 3. The molecule has 2 rings (SSSR count). The summed E-state index contributed by atoms with van der Waals surface area (Å²) >= 11 is 0. The SMILES string of the molecule is CCC1(NC(=O)C2NCCC2C)CC1. The maximum absolute atomic E-state index is 11.9. The first-order chi connectivity index (χ1) is 6.67. The fraction of sp³-hybridized carbons (Fsp3) is 0.909. The molecular weight excluding hydrogens is 176 g/mol. The maximum atomic E-state index is 11.9. The monoisotopic (exact) mass is 196 g/mol. The van der Waals surface area contributed by atoms with Gasteiger partial charge >= 0.3 is 0 Å². The molecule has 2 fully saturated rings. The van der Waals surface area contributed by atoms with Crippen LogP contribution in [0.5, 0.6) is 0 Å². The van der Waals surface area contributed by atoms with E-state index < -0.39 is 0 Å². The quantitative estimate of drug-likeness (QED) is 0.708. The van der Waals surface area contributed by atoms with Crippen molar-refractivity contribution in [1.82, 2.24) is 10.6 Å². The third-order valence-corrected chi connectivity index (χ3v) is 3.73. The second-order valence-electron chi connectivity index (χ2n) is 4.82. The molecule has 2 atom stereocenters. The van der Waals surface area contributed by atoms with Crippen molar-refractivity contribution in [2.75, 3.05) is 6.54 Å². The fourth-order valence-electron chi connectivity index (χ4n) is 2.24. The van der Waals surface area contributed by atoms with Crippen molar-refractivity contribution in [3.8, 4) is 0 Å². The lowest BCUT2D eigenvalue weighted by Crippen LogP contribution is -2.48. The number of carbonyl (C=O) groups excluding carboxylic acids is 1. The number of nitrogens with one attached hydrogen (secondary N) is 2. The Morgan fingerprint density at radius 2 is 2.29 bits per heavy atom. The Morgan fingerprint density at radius 1 is 1.57 bits per heavy atom. The van der Waals surface area contributed by atoms with Crippen LogP contribution in [0.15, 0.2) is 0 Å². The van der Waals surface area contributed by atoms with Crippen LogP contribution < -0.4 is 10.6 Å². The second kappa shape index (κ2) is 3.54. The molecule has 0 aromatic rings. The fourth-order valence-corrected chi connectivity index (χ4v) is 2.24. The Hall–Kier alpha value is -0.570. The van der Waals surface area contributed by atoms with E-state index in [4.69, 9.17) is 0 Å². The molecular formula is C11H20N2O. The van der Waals surface area contributed by atoms with Gasteiger partial charge in [-0.3, -0.25) is 4.79 Å². The lowest BCUT2D eigenvalue weighted by Gasteiger charge is -2.20. The first-order valence-electron chi connectivity index (χ1n) is 5.72. The molecule has 2 N–H and O–H groups in total. The van der Waals surface area contributed by atoms with Crippen LogP contribution in [0, 0.1) is 5.92 Å². The normalized spacial score (nSPS) is 34.1. The predicted molar refractivity (Wildman–Crippen MR) is 56.0 cm³/mol. The van der Waals surface area contributed by atoms with Crippen molar-refractivity contribution < 1.29 is 4.79 Å². The van der Waals surface area contributed by atoms with E-state index in [1.807, 2.05) is 0 Å². The van der Waals surface area contributed by atoms with Gasteiger partial charge in [-0.05, 0) is 38.1 Å². The molecule has 2 aliphatic rings. The number of hydrogen-bond donors (Lipinski definition) is 2. The van der Waals surface area contributed by atoms with E-state index in [-0.39, 0.29) is 17.5 Å². The van der Waals surface area contributed by atoms with Crippen LogP contribution in [0.25, 0.3) is 0 Å². The molecule has 3 heteroatoms. The summed E-state index contributed by atoms with van der Waals surface area (Å²) in [6.45, 7) is 5.28. The van der Waals surface area contributed by atoms with Gasteiger partial charge < -0.3 is 10.6 Å². The molecule has 80 valence electrons. The highest BCUT2D eigenvalue weighted by atomic mass is 16.2. The number of amides is 1. The standard InChI is InChI=1S/C11H20N2O/c1-3-11(5-6-11)13-10(14)9-8(2)4-7-12-9/h8-9,12H,3-7H2,1-2H3,(H,13,14). The topological polar surface area (TPSA) is 41.1 Å². The van der Waals surface area contributed by atoms with Crippen LogP contribution >= 0.6 is 0 Å². The van der Waals surface area contributed by atoms with E-state index in [0.29, 0.717) is 5.92 Å². The summed E-state index contributed by atoms with van der Waals surface area (Å²) in [4.78, 5) is 11.9. The molecule has 0 bridgehead atoms. The summed E-state index contributed by atoms with van der Waals surface area (Å²) in [6, 6.07) is 0.0547. The molecule has 1 amide bonds. The van der Waals surface area contributed by atoms with Gasteiger partial charge in [-0.1, -0.05) is 13.8 Å². The molecule has 14 heavy (non-hydrogen) atoms. The van der Waals surface area contributed by atoms with E-state index in [1.54, 1.807) is 0 Å². The molecule has 0 aromatic carbocycles. The summed E-state index contributed by atoms with van der Waals surface area (Å²) in [5.41, 5.74) is 0.168. The Morgan fingerprint density at radius 3 is 2.71 bits per heavy atom. The molecule has 0 aromatic heterocycles. The van der Waals surface area contributed by atoms with Gasteiger partial charge in [0.05, 0.1) is 6.04 Å². The Bertz CT molecular complexity index is 235. The zero-order valence-electron chi connectivity index (χ0n) is 9.10. The first-order valence-corrected chi connectivity index (χ1v) is 5.72. The summed E-state index contributed by atoms with van der Waals surface area (Å²) in [5, 5.41) is 6.46. The van der Waals surface area contributed by atoms with Gasteiger partial charge in [0.1, 0.15) is 0 Å². The first kappa shape index (κ1) is 9.97. The minimum absolute atomic E-state index is 0.0547. The molecule has 0 spiro atoms. The molecule has 1 heterocycles. The van der Waals surface area contributed by atoms with Gasteiger partial charge in [-0.25, -0.2) is 0 Å². The molecule has 0 radical (unpaired) electrons. The van der Waals surface area contributed by atoms with Crippen molar-refractivity contribution in [2.45, 2.75) is 51.1 Å². The Labute approximate surface area is 85.6 Å². The third-order valence-electron chi connectivity index (χ3n) is 3.73. The molecule has 1 saturated carbocycles. The van der Waals surface area contributed by atoms with Gasteiger partial charge in [0.15, 0.2) is 0 Å². The zero-order valence-corrected chi connectivity index (χ0v) is 9.10. The van der Waals surface area contributed by atoms with Crippen LogP contribution in [-0.2, 0) is 4.79 Å². The lowest BCUT2D eigenvalue weighted by atomic mass is 10.0. The highest BCUT2D eigenvalue weighted by Crippen LogP contribution is 2.38. The van der Waals surface area contributed by atoms with Gasteiger partial charge in [0, 0.05) is 5.54 Å². The van der Waals surface area contributed by atoms with Gasteiger partial charge in [-0.2, -0.15) is 0 Å². The van der Waals surface area contributed by atoms with E-state index in [1.165, 1.54) is 0 Å². The van der Waals surface area contributed by atoms with Crippen molar-refractivity contribution >= 4 is 5.91 Å².